The lowest BCUT2D eigenvalue weighted by Crippen LogP contribution is -2.51. The Morgan fingerprint density at radius 2 is 2.08 bits per heavy atom. The van der Waals surface area contributed by atoms with Crippen LogP contribution in [0.15, 0.2) is 35.6 Å². The molecule has 2 fully saturated rings. The molecule has 14 heteroatoms. The van der Waals surface area contributed by atoms with Crippen LogP contribution in [0.5, 0.6) is 5.88 Å². The average Bonchev–Trinajstić information content (AvgIpc) is 2.82. The van der Waals surface area contributed by atoms with E-state index in [0.29, 0.717) is 0 Å². The number of pyridine rings is 1. The molecule has 0 spiro atoms. The molecule has 4 atom stereocenters. The summed E-state index contributed by atoms with van der Waals surface area (Å²) in [6, 6.07) is 5.45. The molecule has 2 aromatic heterocycles. The Kier molecular flexibility index (Phi) is 7.09. The normalized spacial score (nSPS) is 28.7. The topological polar surface area (TPSA) is 141 Å². The highest BCUT2D eigenvalue weighted by atomic mass is 32.2. The Labute approximate surface area is 206 Å². The van der Waals surface area contributed by atoms with Crippen LogP contribution in [0.1, 0.15) is 38.2 Å². The first kappa shape index (κ1) is 26.1. The smallest absolute Gasteiger partial charge is 0.260 e. The lowest BCUT2D eigenvalue weighted by Gasteiger charge is -2.40. The lowest BCUT2D eigenvalue weighted by molar-refractivity contribution is -0.162. The fourth-order valence-electron chi connectivity index (χ4n) is 4.36. The molecule has 0 amide bonds. The van der Waals surface area contributed by atoms with Gasteiger partial charge in [0.05, 0.1) is 12.2 Å². The van der Waals surface area contributed by atoms with Crippen LogP contribution in [0.2, 0.25) is 0 Å². The molecule has 2 aromatic rings. The molecule has 0 aromatic carbocycles. The molecule has 36 heavy (non-hydrogen) atoms. The maximum Gasteiger partial charge on any atom is 0.260 e. The van der Waals surface area contributed by atoms with E-state index in [2.05, 4.69) is 20.3 Å². The molecule has 0 unspecified atom stereocenters. The summed E-state index contributed by atoms with van der Waals surface area (Å²) in [6.07, 6.45) is -1.52. The minimum Gasteiger partial charge on any atom is -0.470 e. The number of hydrogen-bond acceptors (Lipinski definition) is 9. The van der Waals surface area contributed by atoms with Gasteiger partial charge >= 0.3 is 0 Å². The Bertz CT molecular complexity index is 1240. The zero-order chi connectivity index (χ0) is 26.1. The SMILES string of the molecule is C[C@]1(O)CC(F)(F)CC[C@H]1Oc1nc(N[C@H]2CCN(S(=O)(=O)c3ccccn3)C[C@@H]2F)ncc1C#N. The van der Waals surface area contributed by atoms with Crippen molar-refractivity contribution in [2.24, 2.45) is 0 Å². The number of nitriles is 1. The molecule has 3 heterocycles. The Morgan fingerprint density at radius 1 is 1.31 bits per heavy atom. The van der Waals surface area contributed by atoms with Crippen LogP contribution >= 0.6 is 0 Å². The van der Waals surface area contributed by atoms with Crippen molar-refractivity contribution in [3.63, 3.8) is 0 Å². The highest BCUT2D eigenvalue weighted by molar-refractivity contribution is 7.89. The summed E-state index contributed by atoms with van der Waals surface area (Å²) in [5, 5.41) is 22.5. The van der Waals surface area contributed by atoms with E-state index in [1.807, 2.05) is 6.07 Å². The molecule has 1 saturated heterocycles. The summed E-state index contributed by atoms with van der Waals surface area (Å²) < 4.78 is 74.6. The second kappa shape index (κ2) is 9.79. The van der Waals surface area contributed by atoms with Crippen LogP contribution < -0.4 is 10.1 Å². The first-order valence-electron chi connectivity index (χ1n) is 11.3. The van der Waals surface area contributed by atoms with Crippen LogP contribution in [0.25, 0.3) is 0 Å². The lowest BCUT2D eigenvalue weighted by atomic mass is 9.81. The number of piperidine rings is 1. The van der Waals surface area contributed by atoms with E-state index >= 15 is 0 Å². The van der Waals surface area contributed by atoms with E-state index in [1.54, 1.807) is 6.07 Å². The summed E-state index contributed by atoms with van der Waals surface area (Å²) >= 11 is 0. The third kappa shape index (κ3) is 5.53. The molecule has 1 aliphatic heterocycles. The van der Waals surface area contributed by atoms with Crippen LogP contribution in [0, 0.1) is 11.3 Å². The predicted molar refractivity (Wildman–Crippen MR) is 121 cm³/mol. The molecule has 1 aliphatic carbocycles. The zero-order valence-corrected chi connectivity index (χ0v) is 20.1. The van der Waals surface area contributed by atoms with Crippen molar-refractivity contribution >= 4 is 16.0 Å². The Balaban J connectivity index is 1.45. The van der Waals surface area contributed by atoms with E-state index in [0.717, 1.165) is 10.5 Å². The van der Waals surface area contributed by atoms with E-state index in [9.17, 15) is 32.0 Å². The number of aromatic nitrogens is 3. The zero-order valence-electron chi connectivity index (χ0n) is 19.3. The number of sulfonamides is 1. The first-order valence-corrected chi connectivity index (χ1v) is 12.7. The fraction of sp³-hybridized carbons (Fsp3) is 0.545. The molecule has 4 rings (SSSR count). The third-order valence-electron chi connectivity index (χ3n) is 6.27. The molecule has 1 saturated carbocycles. The Morgan fingerprint density at radius 3 is 2.72 bits per heavy atom. The van der Waals surface area contributed by atoms with Crippen molar-refractivity contribution in [3.05, 3.63) is 36.2 Å². The summed E-state index contributed by atoms with van der Waals surface area (Å²) in [5.74, 6) is -3.34. The minimum atomic E-state index is -3.95. The second-order valence-electron chi connectivity index (χ2n) is 9.15. The molecule has 0 bridgehead atoms. The molecule has 2 N–H and O–H groups in total. The number of rotatable bonds is 6. The number of alkyl halides is 3. The van der Waals surface area contributed by atoms with Gasteiger partial charge in [-0.1, -0.05) is 6.07 Å². The average molecular weight is 527 g/mol. The summed E-state index contributed by atoms with van der Waals surface area (Å²) in [5.41, 5.74) is -1.94. The van der Waals surface area contributed by atoms with Crippen molar-refractivity contribution in [3.8, 4) is 11.9 Å². The summed E-state index contributed by atoms with van der Waals surface area (Å²) in [6.45, 7) is 0.850. The van der Waals surface area contributed by atoms with Gasteiger partial charge in [-0.2, -0.15) is 14.6 Å². The van der Waals surface area contributed by atoms with Crippen LogP contribution in [-0.2, 0) is 10.0 Å². The fourth-order valence-corrected chi connectivity index (χ4v) is 5.75. The standard InChI is InChI=1S/C22H25F3N6O4S/c1-21(32)13-22(24,25)7-5-17(21)35-19-14(10-26)11-28-20(30-19)29-16-6-9-31(12-15(16)23)36(33,34)18-4-2-3-8-27-18/h2-4,8,11,15-17,32H,5-7,9,12-13H2,1H3,(H,28,29,30)/t15-,16-,17+,21-/m0/s1. The van der Waals surface area contributed by atoms with Crippen LogP contribution in [-0.4, -0.2) is 75.7 Å². The minimum absolute atomic E-state index is 0.0236. The second-order valence-corrected chi connectivity index (χ2v) is 11.0. The highest BCUT2D eigenvalue weighted by Gasteiger charge is 2.49. The highest BCUT2D eigenvalue weighted by Crippen LogP contribution is 2.41. The van der Waals surface area contributed by atoms with Gasteiger partial charge in [-0.3, -0.25) is 0 Å². The van der Waals surface area contributed by atoms with Gasteiger partial charge in [0, 0.05) is 32.1 Å². The van der Waals surface area contributed by atoms with Crippen molar-refractivity contribution in [2.75, 3.05) is 18.4 Å². The van der Waals surface area contributed by atoms with Gasteiger partial charge in [0.2, 0.25) is 11.8 Å². The number of nitrogens with zero attached hydrogens (tertiary/aromatic N) is 5. The number of ether oxygens (including phenoxy) is 1. The van der Waals surface area contributed by atoms with Crippen molar-refractivity contribution < 1.29 is 31.4 Å². The molecule has 0 radical (unpaired) electrons. The van der Waals surface area contributed by atoms with Gasteiger partial charge < -0.3 is 15.2 Å². The maximum atomic E-state index is 15.0. The molecule has 2 aliphatic rings. The number of halogens is 3. The van der Waals surface area contributed by atoms with Crippen molar-refractivity contribution in [1.82, 2.24) is 19.3 Å². The van der Waals surface area contributed by atoms with E-state index in [-0.39, 0.29) is 41.8 Å². The largest absolute Gasteiger partial charge is 0.470 e. The van der Waals surface area contributed by atoms with Crippen molar-refractivity contribution in [2.45, 2.75) is 67.5 Å². The summed E-state index contributed by atoms with van der Waals surface area (Å²) in [4.78, 5) is 11.9. The van der Waals surface area contributed by atoms with Gasteiger partial charge in [-0.25, -0.2) is 31.6 Å². The number of anilines is 1. The third-order valence-corrected chi connectivity index (χ3v) is 8.05. The van der Waals surface area contributed by atoms with Gasteiger partial charge in [-0.15, -0.1) is 0 Å². The van der Waals surface area contributed by atoms with Gasteiger partial charge in [0.15, 0.2) is 5.03 Å². The van der Waals surface area contributed by atoms with Crippen LogP contribution in [0.3, 0.4) is 0 Å². The number of hydrogen-bond donors (Lipinski definition) is 2. The summed E-state index contributed by atoms with van der Waals surface area (Å²) in [7, 11) is -3.95. The quantitative estimate of drug-likeness (QED) is 0.580. The van der Waals surface area contributed by atoms with Gasteiger partial charge in [0.1, 0.15) is 29.5 Å². The van der Waals surface area contributed by atoms with E-state index < -0.39 is 59.3 Å². The van der Waals surface area contributed by atoms with Crippen molar-refractivity contribution in [1.29, 1.82) is 5.26 Å². The number of nitrogens with one attached hydrogen (secondary N) is 1. The molecule has 194 valence electrons. The maximum absolute atomic E-state index is 15.0. The van der Waals surface area contributed by atoms with E-state index in [1.165, 1.54) is 25.3 Å². The monoisotopic (exact) mass is 526 g/mol. The molecule has 10 nitrogen and oxygen atoms in total. The van der Waals surface area contributed by atoms with Gasteiger partial charge in [-0.05, 0) is 31.9 Å². The van der Waals surface area contributed by atoms with E-state index in [4.69, 9.17) is 4.74 Å². The molecular weight excluding hydrogens is 501 g/mol. The van der Waals surface area contributed by atoms with Crippen LogP contribution in [0.4, 0.5) is 19.1 Å². The Hall–Kier alpha value is -3.02. The number of aliphatic hydroxyl groups is 1. The molecular formula is C22H25F3N6O4S. The predicted octanol–water partition coefficient (Wildman–Crippen LogP) is 2.27. The van der Waals surface area contributed by atoms with Gasteiger partial charge in [0.25, 0.3) is 15.9 Å². The first-order chi connectivity index (χ1) is 16.9.